The minimum absolute atomic E-state index is 0. The number of rotatable bonds is 1. The van der Waals surface area contributed by atoms with Crippen molar-refractivity contribution in [2.24, 2.45) is 0 Å². The Morgan fingerprint density at radius 3 is 1.80 bits per heavy atom. The smallest absolute Gasteiger partial charge is 0 e. The van der Waals surface area contributed by atoms with Crippen molar-refractivity contribution in [2.75, 3.05) is 13.6 Å². The van der Waals surface area contributed by atoms with E-state index in [1.165, 1.54) is 0 Å². The molecule has 2 heteroatoms. The summed E-state index contributed by atoms with van der Waals surface area (Å²) in [7, 11) is 1.93. The molecule has 0 atom stereocenters. The van der Waals surface area contributed by atoms with Crippen LogP contribution in [0.4, 0.5) is 0 Å². The Morgan fingerprint density at radius 2 is 1.80 bits per heavy atom. The molecule has 0 saturated carbocycles. The van der Waals surface area contributed by atoms with Crippen molar-refractivity contribution >= 4 is 0 Å². The minimum atomic E-state index is 0. The first-order valence-corrected chi connectivity index (χ1v) is 1.56. The summed E-state index contributed by atoms with van der Waals surface area (Å²) < 4.78 is 0. The van der Waals surface area contributed by atoms with Crippen molar-refractivity contribution in [1.82, 2.24) is 5.32 Å². The van der Waals surface area contributed by atoms with E-state index >= 15 is 0 Å². The van der Waals surface area contributed by atoms with Gasteiger partial charge in [0.1, 0.15) is 0 Å². The van der Waals surface area contributed by atoms with Crippen molar-refractivity contribution in [3.8, 4) is 0 Å². The van der Waals surface area contributed by atoms with Gasteiger partial charge in [0.05, 0.1) is 0 Å². The summed E-state index contributed by atoms with van der Waals surface area (Å²) in [6, 6.07) is 0. The van der Waals surface area contributed by atoms with E-state index in [9.17, 15) is 0 Å². The van der Waals surface area contributed by atoms with Crippen molar-refractivity contribution in [3.63, 3.8) is 0 Å². The molecule has 0 saturated heterocycles. The standard InChI is InChI=1S/C3H9N.V/c1-3-4-2;/h4H,3H2,1-2H3;. The zero-order valence-corrected chi connectivity index (χ0v) is 5.05. The Bertz CT molecular complexity index is 8.85. The van der Waals surface area contributed by atoms with Crippen molar-refractivity contribution in [2.45, 2.75) is 6.92 Å². The molecule has 0 rings (SSSR count). The van der Waals surface area contributed by atoms with Crippen LogP contribution in [0.2, 0.25) is 0 Å². The van der Waals surface area contributed by atoms with Crippen molar-refractivity contribution < 1.29 is 18.6 Å². The summed E-state index contributed by atoms with van der Waals surface area (Å²) in [5.41, 5.74) is 0. The number of nitrogens with one attached hydrogen (secondary N) is 1. The largest absolute Gasteiger partial charge is 0.320 e. The maximum absolute atomic E-state index is 2.93. The average molecular weight is 110 g/mol. The Hall–Kier alpha value is 0.544. The van der Waals surface area contributed by atoms with Gasteiger partial charge in [-0.2, -0.15) is 0 Å². The minimum Gasteiger partial charge on any atom is -0.320 e. The van der Waals surface area contributed by atoms with Gasteiger partial charge >= 0.3 is 0 Å². The molecule has 5 heavy (non-hydrogen) atoms. The molecule has 0 aliphatic heterocycles. The van der Waals surface area contributed by atoms with Crippen LogP contribution < -0.4 is 5.32 Å². The zero-order valence-electron chi connectivity index (χ0n) is 3.65. The second kappa shape index (κ2) is 8.82. The second-order valence-corrected chi connectivity index (χ2v) is 0.707. The molecule has 0 heterocycles. The maximum Gasteiger partial charge on any atom is 0 e. The fourth-order valence-corrected chi connectivity index (χ4v) is 0. The van der Waals surface area contributed by atoms with Gasteiger partial charge in [-0.15, -0.1) is 0 Å². The second-order valence-electron chi connectivity index (χ2n) is 0.707. The van der Waals surface area contributed by atoms with Gasteiger partial charge < -0.3 is 5.32 Å². The van der Waals surface area contributed by atoms with Gasteiger partial charge in [-0.3, -0.25) is 0 Å². The molecule has 0 aromatic rings. The first kappa shape index (κ1) is 9.11. The van der Waals surface area contributed by atoms with E-state index < -0.39 is 0 Å². The van der Waals surface area contributed by atoms with E-state index in [1.54, 1.807) is 0 Å². The third-order valence-electron chi connectivity index (χ3n) is 0.354. The van der Waals surface area contributed by atoms with Gasteiger partial charge in [0.25, 0.3) is 0 Å². The normalized spacial score (nSPS) is 6.00. The van der Waals surface area contributed by atoms with Gasteiger partial charge in [0.15, 0.2) is 0 Å². The zero-order chi connectivity index (χ0) is 3.41. The average Bonchev–Trinajstić information content (AvgIpc) is 1.37. The van der Waals surface area contributed by atoms with E-state index in [-0.39, 0.29) is 18.6 Å². The molecule has 0 unspecified atom stereocenters. The van der Waals surface area contributed by atoms with E-state index in [4.69, 9.17) is 0 Å². The van der Waals surface area contributed by atoms with Crippen molar-refractivity contribution in [3.05, 3.63) is 0 Å². The summed E-state index contributed by atoms with van der Waals surface area (Å²) in [5, 5.41) is 2.93. The van der Waals surface area contributed by atoms with Crippen LogP contribution in [0.25, 0.3) is 0 Å². The van der Waals surface area contributed by atoms with E-state index in [0.717, 1.165) is 6.54 Å². The van der Waals surface area contributed by atoms with Gasteiger partial charge in [-0.25, -0.2) is 0 Å². The monoisotopic (exact) mass is 110 g/mol. The van der Waals surface area contributed by atoms with Crippen LogP contribution in [0.15, 0.2) is 0 Å². The summed E-state index contributed by atoms with van der Waals surface area (Å²) >= 11 is 0. The third-order valence-corrected chi connectivity index (χ3v) is 0.354. The van der Waals surface area contributed by atoms with Crippen LogP contribution in [0, 0.1) is 0 Å². The maximum atomic E-state index is 2.93. The topological polar surface area (TPSA) is 12.0 Å². The first-order chi connectivity index (χ1) is 1.91. The number of hydrogen-bond donors (Lipinski definition) is 1. The quantitative estimate of drug-likeness (QED) is 0.509. The van der Waals surface area contributed by atoms with Crippen LogP contribution in [-0.4, -0.2) is 13.6 Å². The molecule has 1 radical (unpaired) electrons. The van der Waals surface area contributed by atoms with Gasteiger partial charge in [-0.1, -0.05) is 6.92 Å². The predicted molar refractivity (Wildman–Crippen MR) is 19.6 cm³/mol. The van der Waals surface area contributed by atoms with E-state index in [2.05, 4.69) is 12.2 Å². The summed E-state index contributed by atoms with van der Waals surface area (Å²) in [4.78, 5) is 0. The molecule has 0 amide bonds. The summed E-state index contributed by atoms with van der Waals surface area (Å²) in [6.07, 6.45) is 0. The molecule has 0 bridgehead atoms. The molecule has 0 aliphatic rings. The third kappa shape index (κ3) is 12.3. The molecule has 1 nitrogen and oxygen atoms in total. The van der Waals surface area contributed by atoms with E-state index in [1.807, 2.05) is 7.05 Å². The van der Waals surface area contributed by atoms with Crippen LogP contribution in [-0.2, 0) is 18.6 Å². The Kier molecular flexibility index (Phi) is 16.1. The molecule has 0 fully saturated rings. The van der Waals surface area contributed by atoms with Crippen molar-refractivity contribution in [1.29, 1.82) is 0 Å². The van der Waals surface area contributed by atoms with Crippen LogP contribution in [0.5, 0.6) is 0 Å². The Balaban J connectivity index is 0. The van der Waals surface area contributed by atoms with E-state index in [0.29, 0.717) is 0 Å². The van der Waals surface area contributed by atoms with Crippen LogP contribution in [0.1, 0.15) is 6.92 Å². The Morgan fingerprint density at radius 1 is 1.60 bits per heavy atom. The molecular weight excluding hydrogens is 101 g/mol. The predicted octanol–water partition coefficient (Wildman–Crippen LogP) is 0.223. The molecule has 1 N–H and O–H groups in total. The fourth-order valence-electron chi connectivity index (χ4n) is 0. The number of hydrogen-bond acceptors (Lipinski definition) is 1. The van der Waals surface area contributed by atoms with Crippen LogP contribution >= 0.6 is 0 Å². The molecule has 31 valence electrons. The van der Waals surface area contributed by atoms with Gasteiger partial charge in [0, 0.05) is 18.6 Å². The van der Waals surface area contributed by atoms with Gasteiger partial charge in [0.2, 0.25) is 0 Å². The SMILES string of the molecule is CCNC.[V]. The molecule has 0 aromatic carbocycles. The van der Waals surface area contributed by atoms with Crippen LogP contribution in [0.3, 0.4) is 0 Å². The first-order valence-electron chi connectivity index (χ1n) is 1.56. The molecule has 0 spiro atoms. The summed E-state index contributed by atoms with van der Waals surface area (Å²) in [5.74, 6) is 0. The Labute approximate surface area is 45.0 Å². The molecule has 0 aromatic heterocycles. The molecular formula is C3H9NV. The fraction of sp³-hybridized carbons (Fsp3) is 1.00. The van der Waals surface area contributed by atoms with Gasteiger partial charge in [-0.05, 0) is 13.6 Å². The molecule has 0 aliphatic carbocycles. The summed E-state index contributed by atoms with van der Waals surface area (Å²) in [6.45, 7) is 3.14.